The molecule has 0 amide bonds. The molecule has 1 aromatic heterocycles. The molecule has 0 fully saturated rings. The zero-order valence-corrected chi connectivity index (χ0v) is 14.1. The van der Waals surface area contributed by atoms with Crippen LogP contribution in [0.1, 0.15) is 29.8 Å². The van der Waals surface area contributed by atoms with E-state index in [0.29, 0.717) is 0 Å². The van der Waals surface area contributed by atoms with Crippen LogP contribution in [0, 0.1) is 13.8 Å². The lowest BCUT2D eigenvalue weighted by Crippen LogP contribution is -2.37. The Morgan fingerprint density at radius 3 is 2.60 bits per heavy atom. The summed E-state index contributed by atoms with van der Waals surface area (Å²) >= 11 is 1.90. The van der Waals surface area contributed by atoms with E-state index in [9.17, 15) is 0 Å². The Bertz CT molecular complexity index is 439. The van der Waals surface area contributed by atoms with E-state index in [2.05, 4.69) is 33.9 Å². The highest BCUT2D eigenvalue weighted by molar-refractivity contribution is 7.98. The monoisotopic (exact) mass is 297 g/mol. The molecule has 0 saturated heterocycles. The second kappa shape index (κ2) is 8.89. The van der Waals surface area contributed by atoms with Gasteiger partial charge in [-0.2, -0.15) is 16.9 Å². The van der Waals surface area contributed by atoms with Crippen LogP contribution in [-0.2, 0) is 13.6 Å². The zero-order valence-electron chi connectivity index (χ0n) is 13.3. The topological polar surface area (TPSA) is 54.2 Å². The number of nitrogens with one attached hydrogen (secondary N) is 2. The van der Waals surface area contributed by atoms with Gasteiger partial charge in [0.2, 0.25) is 0 Å². The number of thioether (sulfide) groups is 1. The molecule has 0 saturated carbocycles. The van der Waals surface area contributed by atoms with Gasteiger partial charge in [-0.05, 0) is 38.7 Å². The van der Waals surface area contributed by atoms with Crippen molar-refractivity contribution < 1.29 is 0 Å². The third-order valence-corrected chi connectivity index (χ3v) is 4.08. The van der Waals surface area contributed by atoms with Crippen LogP contribution in [0.3, 0.4) is 0 Å². The first kappa shape index (κ1) is 16.9. The quantitative estimate of drug-likeness (QED) is 0.458. The van der Waals surface area contributed by atoms with E-state index in [-0.39, 0.29) is 0 Å². The molecule has 0 bridgehead atoms. The van der Waals surface area contributed by atoms with Gasteiger partial charge in [0.25, 0.3) is 0 Å². The maximum atomic E-state index is 4.42. The molecule has 2 N–H and O–H groups in total. The van der Waals surface area contributed by atoms with Gasteiger partial charge in [-0.15, -0.1) is 0 Å². The van der Waals surface area contributed by atoms with E-state index in [1.165, 1.54) is 29.9 Å². The van der Waals surface area contributed by atoms with Gasteiger partial charge in [0.15, 0.2) is 5.96 Å². The van der Waals surface area contributed by atoms with Crippen molar-refractivity contribution in [1.82, 2.24) is 20.4 Å². The highest BCUT2D eigenvalue weighted by Gasteiger charge is 2.09. The molecule has 1 rings (SSSR count). The van der Waals surface area contributed by atoms with Crippen molar-refractivity contribution in [3.05, 3.63) is 17.0 Å². The normalized spacial score (nSPS) is 11.8. The molecule has 0 spiro atoms. The van der Waals surface area contributed by atoms with E-state index in [4.69, 9.17) is 0 Å². The van der Waals surface area contributed by atoms with Crippen LogP contribution in [0.25, 0.3) is 0 Å². The van der Waals surface area contributed by atoms with Gasteiger partial charge < -0.3 is 10.6 Å². The largest absolute Gasteiger partial charge is 0.356 e. The fourth-order valence-corrected chi connectivity index (χ4v) is 2.54. The molecule has 5 nitrogen and oxygen atoms in total. The summed E-state index contributed by atoms with van der Waals surface area (Å²) in [4.78, 5) is 4.25. The van der Waals surface area contributed by atoms with Gasteiger partial charge in [-0.3, -0.25) is 9.67 Å². The first-order valence-electron chi connectivity index (χ1n) is 7.02. The van der Waals surface area contributed by atoms with Crippen LogP contribution < -0.4 is 10.6 Å². The first-order valence-corrected chi connectivity index (χ1v) is 8.42. The number of aryl methyl sites for hydroxylation is 2. The third kappa shape index (κ3) is 5.07. The Kier molecular flexibility index (Phi) is 7.51. The summed E-state index contributed by atoms with van der Waals surface area (Å²) in [6.45, 7) is 5.86. The van der Waals surface area contributed by atoms with Gasteiger partial charge in [0.1, 0.15) is 0 Å². The predicted molar refractivity (Wildman–Crippen MR) is 88.5 cm³/mol. The van der Waals surface area contributed by atoms with Crippen molar-refractivity contribution in [3.8, 4) is 0 Å². The lowest BCUT2D eigenvalue weighted by molar-refractivity contribution is 0.724. The smallest absolute Gasteiger partial charge is 0.191 e. The van der Waals surface area contributed by atoms with Crippen molar-refractivity contribution in [2.45, 2.75) is 33.2 Å². The number of nitrogens with zero attached hydrogens (tertiary/aromatic N) is 3. The van der Waals surface area contributed by atoms with Gasteiger partial charge in [-0.1, -0.05) is 0 Å². The van der Waals surface area contributed by atoms with Crippen molar-refractivity contribution in [1.29, 1.82) is 0 Å². The van der Waals surface area contributed by atoms with Gasteiger partial charge >= 0.3 is 0 Å². The van der Waals surface area contributed by atoms with Gasteiger partial charge in [0, 0.05) is 38.4 Å². The SMILES string of the molecule is CN=C(NCCCCSC)NCc1c(C)nn(C)c1C. The van der Waals surface area contributed by atoms with Crippen molar-refractivity contribution in [2.75, 3.05) is 25.6 Å². The second-order valence-corrected chi connectivity index (χ2v) is 5.81. The average Bonchev–Trinajstić information content (AvgIpc) is 2.67. The van der Waals surface area contributed by atoms with Crippen LogP contribution in [0.2, 0.25) is 0 Å². The minimum Gasteiger partial charge on any atom is -0.356 e. The van der Waals surface area contributed by atoms with Crippen molar-refractivity contribution in [2.24, 2.45) is 12.0 Å². The fraction of sp³-hybridized carbons (Fsp3) is 0.714. The number of hydrogen-bond donors (Lipinski definition) is 2. The Morgan fingerprint density at radius 1 is 1.30 bits per heavy atom. The molecule has 0 radical (unpaired) electrons. The average molecular weight is 297 g/mol. The van der Waals surface area contributed by atoms with Crippen LogP contribution in [0.5, 0.6) is 0 Å². The molecule has 0 unspecified atom stereocenters. The molecule has 0 atom stereocenters. The number of aliphatic imine (C=N–C) groups is 1. The van der Waals surface area contributed by atoms with E-state index < -0.39 is 0 Å². The molecule has 0 aromatic carbocycles. The summed E-state index contributed by atoms with van der Waals surface area (Å²) in [5.41, 5.74) is 3.52. The minimum absolute atomic E-state index is 0.760. The van der Waals surface area contributed by atoms with Crippen molar-refractivity contribution >= 4 is 17.7 Å². The third-order valence-electron chi connectivity index (χ3n) is 3.38. The summed E-state index contributed by atoms with van der Waals surface area (Å²) in [6, 6.07) is 0. The molecule has 20 heavy (non-hydrogen) atoms. The van der Waals surface area contributed by atoms with E-state index in [1.54, 1.807) is 7.05 Å². The first-order chi connectivity index (χ1) is 9.60. The number of aromatic nitrogens is 2. The molecule has 1 heterocycles. The van der Waals surface area contributed by atoms with Crippen LogP contribution in [0.15, 0.2) is 4.99 Å². The number of unbranched alkanes of at least 4 members (excludes halogenated alkanes) is 1. The maximum absolute atomic E-state index is 4.42. The van der Waals surface area contributed by atoms with Gasteiger partial charge in [0.05, 0.1) is 5.69 Å². The Hall–Kier alpha value is -1.17. The number of guanidine groups is 1. The Morgan fingerprint density at radius 2 is 2.05 bits per heavy atom. The van der Waals surface area contributed by atoms with E-state index >= 15 is 0 Å². The van der Waals surface area contributed by atoms with E-state index in [1.807, 2.05) is 30.4 Å². The second-order valence-electron chi connectivity index (χ2n) is 4.83. The molecular formula is C14H27N5S. The molecule has 0 aliphatic heterocycles. The molecular weight excluding hydrogens is 270 g/mol. The van der Waals surface area contributed by atoms with Crippen molar-refractivity contribution in [3.63, 3.8) is 0 Å². The predicted octanol–water partition coefficient (Wildman–Crippen LogP) is 1.85. The summed E-state index contributed by atoms with van der Waals surface area (Å²) in [6.07, 6.45) is 4.56. The molecule has 0 aliphatic rings. The highest BCUT2D eigenvalue weighted by Crippen LogP contribution is 2.10. The summed E-state index contributed by atoms with van der Waals surface area (Å²) in [5, 5.41) is 11.1. The lowest BCUT2D eigenvalue weighted by Gasteiger charge is -2.12. The molecule has 0 aliphatic carbocycles. The number of hydrogen-bond acceptors (Lipinski definition) is 3. The molecule has 6 heteroatoms. The summed E-state index contributed by atoms with van der Waals surface area (Å²) < 4.78 is 1.92. The Labute approximate surface area is 126 Å². The lowest BCUT2D eigenvalue weighted by atomic mass is 10.2. The Balaban J connectivity index is 2.38. The highest BCUT2D eigenvalue weighted by atomic mass is 32.2. The number of rotatable bonds is 7. The minimum atomic E-state index is 0.760. The standard InChI is InChI=1S/C14H27N5S/c1-11-13(12(2)19(4)18-11)10-17-14(15-3)16-8-6-7-9-20-5/h6-10H2,1-5H3,(H2,15,16,17). The summed E-state index contributed by atoms with van der Waals surface area (Å²) in [5.74, 6) is 2.08. The fourth-order valence-electron chi connectivity index (χ4n) is 2.04. The summed E-state index contributed by atoms with van der Waals surface area (Å²) in [7, 11) is 3.78. The van der Waals surface area contributed by atoms with Gasteiger partial charge in [-0.25, -0.2) is 0 Å². The van der Waals surface area contributed by atoms with Crippen LogP contribution in [-0.4, -0.2) is 41.3 Å². The maximum Gasteiger partial charge on any atom is 0.191 e. The molecule has 114 valence electrons. The zero-order chi connectivity index (χ0) is 15.0. The molecule has 1 aromatic rings. The van der Waals surface area contributed by atoms with Crippen LogP contribution >= 0.6 is 11.8 Å². The van der Waals surface area contributed by atoms with Crippen LogP contribution in [0.4, 0.5) is 0 Å². The van der Waals surface area contributed by atoms with E-state index in [0.717, 1.165) is 24.7 Å².